The van der Waals surface area contributed by atoms with Crippen molar-refractivity contribution in [1.29, 1.82) is 0 Å². The second-order valence-electron chi connectivity index (χ2n) is 3.21. The summed E-state index contributed by atoms with van der Waals surface area (Å²) in [4.78, 5) is 10.8. The largest absolute Gasteiger partial charge is 1.00 e. The second kappa shape index (κ2) is 7.77. The molecule has 0 aromatic heterocycles. The molecule has 0 fully saturated rings. The Bertz CT molecular complexity index is 601. The van der Waals surface area contributed by atoms with Crippen molar-refractivity contribution in [1.82, 2.24) is 0 Å². The maximum absolute atomic E-state index is 10.9. The summed E-state index contributed by atoms with van der Waals surface area (Å²) in [7, 11) is 0. The number of carbonyl (C=O) groups is 1. The topological polar surface area (TPSA) is 80.3 Å². The molecule has 1 atom stereocenters. The van der Waals surface area contributed by atoms with Crippen molar-refractivity contribution in [2.75, 3.05) is 0 Å². The number of hydrogen-bond acceptors (Lipinski definition) is 4. The zero-order valence-corrected chi connectivity index (χ0v) is 14.8. The van der Waals surface area contributed by atoms with Gasteiger partial charge in [-0.25, -0.2) is 0 Å². The van der Waals surface area contributed by atoms with E-state index in [0.29, 0.717) is 10.8 Å². The predicted molar refractivity (Wildman–Crippen MR) is 55.5 cm³/mol. The minimum Gasteiger partial charge on any atom is -0.768 e. The number of benzene rings is 2. The summed E-state index contributed by atoms with van der Waals surface area (Å²) in [5, 5.41) is 11.9. The van der Waals surface area contributed by atoms with E-state index in [1.165, 1.54) is 6.07 Å². The van der Waals surface area contributed by atoms with E-state index < -0.39 is 17.0 Å². The first-order valence-electron chi connectivity index (χ1n) is 4.43. The fraction of sp³-hybridized carbons (Fsp3) is 0. The Morgan fingerprint density at radius 1 is 1.11 bits per heavy atom. The van der Waals surface area contributed by atoms with Gasteiger partial charge >= 0.3 is 59.1 Å². The Morgan fingerprint density at radius 2 is 1.72 bits per heavy atom. The molecule has 0 heterocycles. The molecule has 2 aromatic rings. The quantitative estimate of drug-likeness (QED) is 0.406. The van der Waals surface area contributed by atoms with Crippen LogP contribution in [0.15, 0.2) is 41.3 Å². The first-order valence-corrected chi connectivity index (χ1v) is 5.50. The molecule has 0 N–H and O–H groups in total. The number of rotatable bonds is 2. The van der Waals surface area contributed by atoms with E-state index in [-0.39, 0.29) is 69.6 Å². The molecule has 2 rings (SSSR count). The Kier molecular flexibility index (Phi) is 7.89. The number of carboxylic acid groups (broad SMARTS) is 1. The first kappa shape index (κ1) is 18.3. The van der Waals surface area contributed by atoms with Gasteiger partial charge in [0.25, 0.3) is 0 Å². The molecule has 0 amide bonds. The fourth-order valence-electron chi connectivity index (χ4n) is 1.55. The van der Waals surface area contributed by atoms with Crippen molar-refractivity contribution in [2.24, 2.45) is 0 Å². The number of aromatic carboxylic acids is 1. The molecule has 0 spiro atoms. The molecular formula is C11H6Na2O4S. The average Bonchev–Trinajstić information content (AvgIpc) is 2.27. The minimum atomic E-state index is -2.45. The third kappa shape index (κ3) is 3.88. The van der Waals surface area contributed by atoms with Crippen molar-refractivity contribution in [3.8, 4) is 0 Å². The maximum Gasteiger partial charge on any atom is 1.00 e. The zero-order valence-electron chi connectivity index (χ0n) is 10.0. The van der Waals surface area contributed by atoms with Gasteiger partial charge in [0.2, 0.25) is 0 Å². The number of fused-ring (bicyclic) bond motifs is 1. The van der Waals surface area contributed by atoms with E-state index in [0.717, 1.165) is 6.07 Å². The van der Waals surface area contributed by atoms with Crippen LogP contribution in [-0.4, -0.2) is 14.7 Å². The van der Waals surface area contributed by atoms with E-state index in [4.69, 9.17) is 0 Å². The van der Waals surface area contributed by atoms with Crippen LogP contribution >= 0.6 is 0 Å². The molecule has 7 heteroatoms. The molecular weight excluding hydrogens is 274 g/mol. The van der Waals surface area contributed by atoms with Crippen molar-refractivity contribution in [3.63, 3.8) is 0 Å². The maximum atomic E-state index is 10.9. The van der Waals surface area contributed by atoms with Crippen LogP contribution in [0.4, 0.5) is 0 Å². The number of hydrogen-bond donors (Lipinski definition) is 0. The summed E-state index contributed by atoms with van der Waals surface area (Å²) >= 11 is -2.45. The fourth-order valence-corrected chi connectivity index (χ4v) is 1.99. The van der Waals surface area contributed by atoms with Gasteiger partial charge in [0.05, 0.1) is 5.97 Å². The number of carboxylic acids is 1. The van der Waals surface area contributed by atoms with Gasteiger partial charge in [-0.15, -0.1) is 0 Å². The van der Waals surface area contributed by atoms with Crippen LogP contribution in [0.25, 0.3) is 10.8 Å². The summed E-state index contributed by atoms with van der Waals surface area (Å²) in [5.74, 6) is -1.39. The molecule has 0 aliphatic rings. The van der Waals surface area contributed by atoms with Crippen LogP contribution < -0.4 is 64.2 Å². The van der Waals surface area contributed by atoms with Crippen LogP contribution in [0.3, 0.4) is 0 Å². The van der Waals surface area contributed by atoms with Gasteiger partial charge in [0.1, 0.15) is 0 Å². The Balaban J connectivity index is 0.00000144. The van der Waals surface area contributed by atoms with E-state index in [1.54, 1.807) is 24.3 Å². The second-order valence-corrected chi connectivity index (χ2v) is 4.15. The molecule has 0 saturated heterocycles. The van der Waals surface area contributed by atoms with Crippen LogP contribution in [-0.2, 0) is 11.1 Å². The van der Waals surface area contributed by atoms with Gasteiger partial charge in [-0.1, -0.05) is 24.3 Å². The minimum absolute atomic E-state index is 0. The molecule has 0 aliphatic carbocycles. The average molecular weight is 280 g/mol. The van der Waals surface area contributed by atoms with Crippen molar-refractivity contribution in [3.05, 3.63) is 42.0 Å². The monoisotopic (exact) mass is 280 g/mol. The normalized spacial score (nSPS) is 11.2. The summed E-state index contributed by atoms with van der Waals surface area (Å²) in [6.45, 7) is 0. The van der Waals surface area contributed by atoms with Crippen LogP contribution in [0, 0.1) is 0 Å². The molecule has 82 valence electrons. The molecule has 1 unspecified atom stereocenters. The summed E-state index contributed by atoms with van der Waals surface area (Å²) < 4.78 is 21.6. The summed E-state index contributed by atoms with van der Waals surface area (Å²) in [6.07, 6.45) is 0. The van der Waals surface area contributed by atoms with Crippen LogP contribution in [0.1, 0.15) is 10.4 Å². The van der Waals surface area contributed by atoms with Gasteiger partial charge in [0, 0.05) is 10.5 Å². The Morgan fingerprint density at radius 3 is 2.28 bits per heavy atom. The standard InChI is InChI=1S/C11H8O4S.2Na/c12-11(13)10-6-8(16(14)15)5-7-3-1-2-4-9(7)10;;/h1-6H,(H,12,13)(H,14,15);;/q;2*+1/p-2. The van der Waals surface area contributed by atoms with Crippen LogP contribution in [0.2, 0.25) is 0 Å². The first-order chi connectivity index (χ1) is 7.59. The molecule has 2 aromatic carbocycles. The van der Waals surface area contributed by atoms with E-state index in [2.05, 4.69) is 0 Å². The Hall–Kier alpha value is 0.280. The van der Waals surface area contributed by atoms with Gasteiger partial charge in [-0.3, -0.25) is 4.21 Å². The molecule has 0 aliphatic heterocycles. The SMILES string of the molecule is O=C([O-])c1cc(S(=O)[O-])cc2ccccc12.[Na+].[Na+]. The van der Waals surface area contributed by atoms with E-state index >= 15 is 0 Å². The molecule has 4 nitrogen and oxygen atoms in total. The van der Waals surface area contributed by atoms with E-state index in [9.17, 15) is 18.7 Å². The van der Waals surface area contributed by atoms with Crippen molar-refractivity contribution >= 4 is 27.8 Å². The predicted octanol–water partition coefficient (Wildman–Crippen LogP) is -5.55. The molecule has 0 bridgehead atoms. The molecule has 0 saturated carbocycles. The smallest absolute Gasteiger partial charge is 0.768 e. The van der Waals surface area contributed by atoms with Crippen LogP contribution in [0.5, 0.6) is 0 Å². The van der Waals surface area contributed by atoms with Gasteiger partial charge in [-0.05, 0) is 34.0 Å². The van der Waals surface area contributed by atoms with Gasteiger partial charge in [-0.2, -0.15) is 0 Å². The molecule has 0 radical (unpaired) electrons. The molecule has 18 heavy (non-hydrogen) atoms. The Labute approximate surface area is 151 Å². The van der Waals surface area contributed by atoms with Gasteiger partial charge in [0.15, 0.2) is 0 Å². The summed E-state index contributed by atoms with van der Waals surface area (Å²) in [5.41, 5.74) is -0.114. The number of carbonyl (C=O) groups excluding carboxylic acids is 1. The third-order valence-electron chi connectivity index (χ3n) is 2.25. The van der Waals surface area contributed by atoms with Crippen molar-refractivity contribution in [2.45, 2.75) is 4.90 Å². The van der Waals surface area contributed by atoms with E-state index in [1.807, 2.05) is 0 Å². The van der Waals surface area contributed by atoms with Crippen molar-refractivity contribution < 1.29 is 77.8 Å². The summed E-state index contributed by atoms with van der Waals surface area (Å²) in [6, 6.07) is 9.17. The zero-order chi connectivity index (χ0) is 11.7. The van der Waals surface area contributed by atoms with Gasteiger partial charge < -0.3 is 14.5 Å². The third-order valence-corrected chi connectivity index (χ3v) is 2.87.